The number of hydrogen-bond donors (Lipinski definition) is 2. The van der Waals surface area contributed by atoms with Gasteiger partial charge >= 0.3 is 0 Å². The standard InChI is InChI=1S/C19H27ClN4O2.HI/c1-5-17-15(18(6-2)26-24-17)12-23-19(21-3)22-10-9-13-7-8-14(25-4)11-16(13)20;/h7-8,11H,5-6,9-10,12H2,1-4H3,(H2,21,22,23);1H. The maximum Gasteiger partial charge on any atom is 0.191 e. The van der Waals surface area contributed by atoms with E-state index in [2.05, 4.69) is 34.6 Å². The molecule has 2 N–H and O–H groups in total. The van der Waals surface area contributed by atoms with Crippen LogP contribution in [0.1, 0.15) is 36.4 Å². The van der Waals surface area contributed by atoms with Gasteiger partial charge in [-0.15, -0.1) is 24.0 Å². The van der Waals surface area contributed by atoms with Crippen LogP contribution in [-0.4, -0.2) is 31.8 Å². The summed E-state index contributed by atoms with van der Waals surface area (Å²) in [5.74, 6) is 2.42. The number of methoxy groups -OCH3 is 1. The predicted molar refractivity (Wildman–Crippen MR) is 121 cm³/mol. The zero-order chi connectivity index (χ0) is 18.9. The minimum Gasteiger partial charge on any atom is -0.497 e. The van der Waals surface area contributed by atoms with Crippen molar-refractivity contribution in [3.05, 3.63) is 45.8 Å². The molecule has 0 radical (unpaired) electrons. The molecule has 1 aromatic heterocycles. The molecular weight excluding hydrogens is 479 g/mol. The normalized spacial score (nSPS) is 11.1. The lowest BCUT2D eigenvalue weighted by atomic mass is 10.1. The first kappa shape index (κ1) is 23.6. The van der Waals surface area contributed by atoms with E-state index < -0.39 is 0 Å². The van der Waals surface area contributed by atoms with Crippen molar-refractivity contribution in [3.8, 4) is 5.75 Å². The van der Waals surface area contributed by atoms with Crippen molar-refractivity contribution < 1.29 is 9.26 Å². The average Bonchev–Trinajstić information content (AvgIpc) is 3.07. The van der Waals surface area contributed by atoms with Gasteiger partial charge in [-0.05, 0) is 30.5 Å². The summed E-state index contributed by atoms with van der Waals surface area (Å²) < 4.78 is 10.6. The Morgan fingerprint density at radius 2 is 2.04 bits per heavy atom. The second kappa shape index (κ2) is 12.1. The number of nitrogens with one attached hydrogen (secondary N) is 2. The van der Waals surface area contributed by atoms with E-state index in [9.17, 15) is 0 Å². The molecule has 2 aromatic rings. The number of ether oxygens (including phenoxy) is 1. The molecule has 0 unspecified atom stereocenters. The van der Waals surface area contributed by atoms with E-state index in [1.54, 1.807) is 14.2 Å². The number of aliphatic imine (C=N–C) groups is 1. The molecule has 0 aliphatic carbocycles. The Kier molecular flexibility index (Phi) is 10.5. The molecule has 0 aliphatic heterocycles. The van der Waals surface area contributed by atoms with Crippen molar-refractivity contribution in [1.29, 1.82) is 0 Å². The summed E-state index contributed by atoms with van der Waals surface area (Å²) >= 11 is 6.28. The Hall–Kier alpha value is -1.48. The zero-order valence-electron chi connectivity index (χ0n) is 16.3. The van der Waals surface area contributed by atoms with E-state index in [1.807, 2.05) is 18.2 Å². The second-order valence-electron chi connectivity index (χ2n) is 5.80. The van der Waals surface area contributed by atoms with Gasteiger partial charge in [0, 0.05) is 37.1 Å². The van der Waals surface area contributed by atoms with Crippen molar-refractivity contribution in [1.82, 2.24) is 15.8 Å². The Labute approximate surface area is 183 Å². The highest BCUT2D eigenvalue weighted by Crippen LogP contribution is 2.22. The fourth-order valence-electron chi connectivity index (χ4n) is 2.70. The van der Waals surface area contributed by atoms with Crippen molar-refractivity contribution in [2.24, 2.45) is 4.99 Å². The van der Waals surface area contributed by atoms with Gasteiger partial charge in [0.1, 0.15) is 11.5 Å². The number of aromatic nitrogens is 1. The number of aryl methyl sites for hydroxylation is 2. The number of benzene rings is 1. The summed E-state index contributed by atoms with van der Waals surface area (Å²) in [4.78, 5) is 4.27. The third-order valence-corrected chi connectivity index (χ3v) is 4.56. The summed E-state index contributed by atoms with van der Waals surface area (Å²) in [6.07, 6.45) is 2.46. The fraction of sp³-hybridized carbons (Fsp3) is 0.474. The molecule has 1 aromatic carbocycles. The Bertz CT molecular complexity index is 728. The van der Waals surface area contributed by atoms with Crippen LogP contribution in [0.15, 0.2) is 27.7 Å². The lowest BCUT2D eigenvalue weighted by Gasteiger charge is -2.13. The van der Waals surface area contributed by atoms with Gasteiger partial charge in [0.25, 0.3) is 0 Å². The second-order valence-corrected chi connectivity index (χ2v) is 6.21. The van der Waals surface area contributed by atoms with Crippen molar-refractivity contribution in [3.63, 3.8) is 0 Å². The molecule has 27 heavy (non-hydrogen) atoms. The van der Waals surface area contributed by atoms with E-state index in [1.165, 1.54) is 0 Å². The molecule has 0 atom stereocenters. The molecule has 0 fully saturated rings. The van der Waals surface area contributed by atoms with Crippen LogP contribution in [0.2, 0.25) is 5.02 Å². The molecule has 0 aliphatic rings. The first-order valence-electron chi connectivity index (χ1n) is 8.86. The number of nitrogens with zero attached hydrogens (tertiary/aromatic N) is 2. The molecule has 0 saturated carbocycles. The molecule has 0 spiro atoms. The van der Waals surface area contributed by atoms with E-state index in [0.717, 1.165) is 60.1 Å². The van der Waals surface area contributed by atoms with Gasteiger partial charge in [0.15, 0.2) is 5.96 Å². The maximum atomic E-state index is 6.28. The lowest BCUT2D eigenvalue weighted by Crippen LogP contribution is -2.38. The highest BCUT2D eigenvalue weighted by molar-refractivity contribution is 14.0. The monoisotopic (exact) mass is 506 g/mol. The first-order chi connectivity index (χ1) is 12.6. The van der Waals surface area contributed by atoms with Crippen LogP contribution in [0, 0.1) is 0 Å². The minimum absolute atomic E-state index is 0. The number of guanidine groups is 1. The molecule has 0 amide bonds. The first-order valence-corrected chi connectivity index (χ1v) is 9.23. The van der Waals surface area contributed by atoms with Crippen molar-refractivity contribution >= 4 is 41.5 Å². The van der Waals surface area contributed by atoms with Gasteiger partial charge in [0.05, 0.1) is 12.8 Å². The predicted octanol–water partition coefficient (Wildman–Crippen LogP) is 3.99. The fourth-order valence-corrected chi connectivity index (χ4v) is 2.97. The molecule has 8 heteroatoms. The minimum atomic E-state index is 0. The lowest BCUT2D eigenvalue weighted by molar-refractivity contribution is 0.380. The van der Waals surface area contributed by atoms with Crippen LogP contribution in [-0.2, 0) is 25.8 Å². The summed E-state index contributed by atoms with van der Waals surface area (Å²) in [5.41, 5.74) is 3.18. The quantitative estimate of drug-likeness (QED) is 0.322. The third kappa shape index (κ3) is 6.57. The van der Waals surface area contributed by atoms with E-state index in [-0.39, 0.29) is 24.0 Å². The van der Waals surface area contributed by atoms with Crippen LogP contribution in [0.25, 0.3) is 0 Å². The Morgan fingerprint density at radius 1 is 1.26 bits per heavy atom. The maximum absolute atomic E-state index is 6.28. The van der Waals surface area contributed by atoms with Crippen LogP contribution in [0.3, 0.4) is 0 Å². The van der Waals surface area contributed by atoms with Crippen LogP contribution in [0.4, 0.5) is 0 Å². The molecule has 150 valence electrons. The number of halogens is 2. The van der Waals surface area contributed by atoms with E-state index >= 15 is 0 Å². The highest BCUT2D eigenvalue weighted by Gasteiger charge is 2.13. The largest absolute Gasteiger partial charge is 0.497 e. The molecule has 0 saturated heterocycles. The van der Waals surface area contributed by atoms with Crippen LogP contribution >= 0.6 is 35.6 Å². The Morgan fingerprint density at radius 3 is 2.63 bits per heavy atom. The van der Waals surface area contributed by atoms with Gasteiger partial charge in [-0.25, -0.2) is 0 Å². The summed E-state index contributed by atoms with van der Waals surface area (Å²) in [5, 5.41) is 11.5. The topological polar surface area (TPSA) is 71.7 Å². The van der Waals surface area contributed by atoms with Gasteiger partial charge in [-0.3, -0.25) is 4.99 Å². The smallest absolute Gasteiger partial charge is 0.191 e. The zero-order valence-corrected chi connectivity index (χ0v) is 19.4. The third-order valence-electron chi connectivity index (χ3n) is 4.21. The number of rotatable bonds is 8. The molecular formula is C19H28ClIN4O2. The average molecular weight is 507 g/mol. The molecule has 1 heterocycles. The Balaban J connectivity index is 0.00000364. The van der Waals surface area contributed by atoms with Crippen molar-refractivity contribution in [2.45, 2.75) is 39.7 Å². The van der Waals surface area contributed by atoms with Gasteiger partial charge < -0.3 is 19.9 Å². The van der Waals surface area contributed by atoms with Crippen LogP contribution in [0.5, 0.6) is 5.75 Å². The summed E-state index contributed by atoms with van der Waals surface area (Å²) in [7, 11) is 3.39. The SMILES string of the molecule is CCc1noc(CC)c1CNC(=NC)NCCc1ccc(OC)cc1Cl.I. The molecule has 0 bridgehead atoms. The van der Waals surface area contributed by atoms with Crippen LogP contribution < -0.4 is 15.4 Å². The van der Waals surface area contributed by atoms with Gasteiger partial charge in [0.2, 0.25) is 0 Å². The summed E-state index contributed by atoms with van der Waals surface area (Å²) in [6, 6.07) is 5.73. The van der Waals surface area contributed by atoms with Gasteiger partial charge in [-0.1, -0.05) is 36.7 Å². The highest BCUT2D eigenvalue weighted by atomic mass is 127. The van der Waals surface area contributed by atoms with E-state index in [4.69, 9.17) is 20.9 Å². The van der Waals surface area contributed by atoms with Crippen molar-refractivity contribution in [2.75, 3.05) is 20.7 Å². The van der Waals surface area contributed by atoms with Gasteiger partial charge in [-0.2, -0.15) is 0 Å². The molecule has 2 rings (SSSR count). The molecule has 6 nitrogen and oxygen atoms in total. The number of hydrogen-bond acceptors (Lipinski definition) is 4. The van der Waals surface area contributed by atoms with E-state index in [0.29, 0.717) is 11.6 Å². The summed E-state index contributed by atoms with van der Waals surface area (Å²) in [6.45, 7) is 5.50.